The summed E-state index contributed by atoms with van der Waals surface area (Å²) in [5.41, 5.74) is 9.05. The molecule has 2 rings (SSSR count). The van der Waals surface area contributed by atoms with Gasteiger partial charge in [-0.3, -0.25) is 4.79 Å². The molecule has 0 aromatic heterocycles. The average Bonchev–Trinajstić information content (AvgIpc) is 2.58. The van der Waals surface area contributed by atoms with Crippen molar-refractivity contribution in [2.45, 2.75) is 39.7 Å². The standard InChI is InChI=1S/C20H26N2O3.ClH/c1-12(2)15-7-6-13(3)19(10-15)25-14(4)20(23)22-18-11-16(24-5)8-9-17(18)21;/h6-12,14H,21H2,1-5H3,(H,22,23);1H. The third kappa shape index (κ3) is 5.30. The van der Waals surface area contributed by atoms with Crippen LogP contribution in [0.5, 0.6) is 11.5 Å². The lowest BCUT2D eigenvalue weighted by atomic mass is 10.0. The van der Waals surface area contributed by atoms with Crippen LogP contribution < -0.4 is 20.5 Å². The Morgan fingerprint density at radius 1 is 1.12 bits per heavy atom. The zero-order valence-corrected chi connectivity index (χ0v) is 16.6. The second-order valence-corrected chi connectivity index (χ2v) is 6.38. The van der Waals surface area contributed by atoms with Crippen LogP contribution in [0.1, 0.15) is 37.8 Å². The van der Waals surface area contributed by atoms with Gasteiger partial charge in [-0.15, -0.1) is 12.4 Å². The lowest BCUT2D eigenvalue weighted by Gasteiger charge is -2.18. The number of benzene rings is 2. The van der Waals surface area contributed by atoms with E-state index in [-0.39, 0.29) is 18.3 Å². The van der Waals surface area contributed by atoms with Crippen LogP contribution in [-0.2, 0) is 4.79 Å². The fraction of sp³-hybridized carbons (Fsp3) is 0.350. The smallest absolute Gasteiger partial charge is 0.265 e. The number of carbonyl (C=O) groups excluding carboxylic acids is 1. The van der Waals surface area contributed by atoms with Crippen molar-refractivity contribution in [2.24, 2.45) is 0 Å². The fourth-order valence-corrected chi connectivity index (χ4v) is 2.35. The van der Waals surface area contributed by atoms with Gasteiger partial charge in [-0.1, -0.05) is 26.0 Å². The quantitative estimate of drug-likeness (QED) is 0.724. The molecule has 1 unspecified atom stereocenters. The van der Waals surface area contributed by atoms with Crippen molar-refractivity contribution in [3.63, 3.8) is 0 Å². The summed E-state index contributed by atoms with van der Waals surface area (Å²) in [7, 11) is 1.56. The van der Waals surface area contributed by atoms with Crippen molar-refractivity contribution in [1.82, 2.24) is 0 Å². The van der Waals surface area contributed by atoms with Gasteiger partial charge in [0.2, 0.25) is 0 Å². The van der Waals surface area contributed by atoms with E-state index in [0.29, 0.717) is 28.8 Å². The topological polar surface area (TPSA) is 73.6 Å². The molecule has 0 bridgehead atoms. The molecule has 3 N–H and O–H groups in total. The molecule has 0 aliphatic carbocycles. The Hall–Kier alpha value is -2.40. The molecular formula is C20H27ClN2O3. The minimum absolute atomic E-state index is 0. The monoisotopic (exact) mass is 378 g/mol. The summed E-state index contributed by atoms with van der Waals surface area (Å²) in [6.45, 7) is 7.92. The first-order chi connectivity index (χ1) is 11.8. The molecule has 0 aliphatic rings. The second kappa shape index (κ2) is 9.34. The summed E-state index contributed by atoms with van der Waals surface area (Å²) < 4.78 is 11.0. The molecule has 0 spiro atoms. The first-order valence-corrected chi connectivity index (χ1v) is 8.33. The lowest BCUT2D eigenvalue weighted by Crippen LogP contribution is -2.30. The number of carbonyl (C=O) groups is 1. The van der Waals surface area contributed by atoms with Crippen LogP contribution in [0.4, 0.5) is 11.4 Å². The maximum absolute atomic E-state index is 12.5. The Labute approximate surface area is 161 Å². The number of ether oxygens (including phenoxy) is 2. The normalized spacial score (nSPS) is 11.5. The largest absolute Gasteiger partial charge is 0.497 e. The highest BCUT2D eigenvalue weighted by Gasteiger charge is 2.18. The Bertz CT molecular complexity index is 763. The zero-order valence-electron chi connectivity index (χ0n) is 15.8. The van der Waals surface area contributed by atoms with Crippen LogP contribution in [0.25, 0.3) is 0 Å². The van der Waals surface area contributed by atoms with E-state index in [1.165, 1.54) is 5.56 Å². The third-order valence-corrected chi connectivity index (χ3v) is 4.07. The van der Waals surface area contributed by atoms with Crippen LogP contribution in [0.3, 0.4) is 0 Å². The first kappa shape index (κ1) is 21.6. The van der Waals surface area contributed by atoms with Crippen LogP contribution in [0.2, 0.25) is 0 Å². The number of hydrogen-bond donors (Lipinski definition) is 2. The minimum Gasteiger partial charge on any atom is -0.497 e. The van der Waals surface area contributed by atoms with Crippen LogP contribution in [-0.4, -0.2) is 19.1 Å². The fourth-order valence-electron chi connectivity index (χ4n) is 2.35. The highest BCUT2D eigenvalue weighted by atomic mass is 35.5. The van der Waals surface area contributed by atoms with Crippen LogP contribution >= 0.6 is 12.4 Å². The molecule has 0 radical (unpaired) electrons. The van der Waals surface area contributed by atoms with Gasteiger partial charge in [-0.25, -0.2) is 0 Å². The van der Waals surface area contributed by atoms with E-state index in [1.807, 2.05) is 19.1 Å². The Balaban J connectivity index is 0.00000338. The number of nitrogens with one attached hydrogen (secondary N) is 1. The lowest BCUT2D eigenvalue weighted by molar-refractivity contribution is -0.122. The number of hydrogen-bond acceptors (Lipinski definition) is 4. The van der Waals surface area contributed by atoms with Crippen molar-refractivity contribution < 1.29 is 14.3 Å². The van der Waals surface area contributed by atoms with Crippen molar-refractivity contribution >= 4 is 29.7 Å². The predicted molar refractivity (Wildman–Crippen MR) is 109 cm³/mol. The summed E-state index contributed by atoms with van der Waals surface area (Å²) >= 11 is 0. The molecule has 0 saturated carbocycles. The molecule has 142 valence electrons. The molecule has 0 saturated heterocycles. The highest BCUT2D eigenvalue weighted by molar-refractivity contribution is 5.97. The van der Waals surface area contributed by atoms with Crippen LogP contribution in [0.15, 0.2) is 36.4 Å². The molecule has 5 nitrogen and oxygen atoms in total. The number of nitrogen functional groups attached to an aromatic ring is 1. The molecule has 26 heavy (non-hydrogen) atoms. The number of methoxy groups -OCH3 is 1. The van der Waals surface area contributed by atoms with E-state index in [2.05, 4.69) is 25.2 Å². The molecule has 2 aromatic carbocycles. The van der Waals surface area contributed by atoms with Gasteiger partial charge >= 0.3 is 0 Å². The van der Waals surface area contributed by atoms with Gasteiger partial charge in [0.05, 0.1) is 18.5 Å². The number of aryl methyl sites for hydroxylation is 1. The summed E-state index contributed by atoms with van der Waals surface area (Å²) in [5, 5.41) is 2.79. The molecule has 0 aliphatic heterocycles. The van der Waals surface area contributed by atoms with E-state index in [9.17, 15) is 4.79 Å². The summed E-state index contributed by atoms with van der Waals surface area (Å²) in [4.78, 5) is 12.5. The Kier molecular flexibility index (Phi) is 7.77. The predicted octanol–water partition coefficient (Wildman–Crippen LogP) is 4.54. The molecule has 0 fully saturated rings. The first-order valence-electron chi connectivity index (χ1n) is 8.33. The van der Waals surface area contributed by atoms with Crippen molar-refractivity contribution in [3.05, 3.63) is 47.5 Å². The molecule has 0 heterocycles. The summed E-state index contributed by atoms with van der Waals surface area (Å²) in [6.07, 6.45) is -0.660. The van der Waals surface area contributed by atoms with Gasteiger partial charge in [0.15, 0.2) is 6.10 Å². The maximum Gasteiger partial charge on any atom is 0.265 e. The maximum atomic E-state index is 12.5. The number of rotatable bonds is 6. The number of halogens is 1. The third-order valence-electron chi connectivity index (χ3n) is 4.07. The number of anilines is 2. The van der Waals surface area contributed by atoms with Crippen molar-refractivity contribution in [3.8, 4) is 11.5 Å². The molecule has 6 heteroatoms. The molecular weight excluding hydrogens is 352 g/mol. The Morgan fingerprint density at radius 2 is 1.81 bits per heavy atom. The van der Waals surface area contributed by atoms with E-state index < -0.39 is 6.10 Å². The molecule has 1 amide bonds. The molecule has 2 aromatic rings. The highest BCUT2D eigenvalue weighted by Crippen LogP contribution is 2.27. The Morgan fingerprint density at radius 3 is 2.42 bits per heavy atom. The zero-order chi connectivity index (χ0) is 18.6. The SMILES string of the molecule is COc1ccc(N)c(NC(=O)C(C)Oc2cc(C(C)C)ccc2C)c1.Cl. The van der Waals surface area contributed by atoms with Gasteiger partial charge in [-0.05, 0) is 49.1 Å². The van der Waals surface area contributed by atoms with E-state index in [0.717, 1.165) is 5.56 Å². The van der Waals surface area contributed by atoms with Gasteiger partial charge in [-0.2, -0.15) is 0 Å². The summed E-state index contributed by atoms with van der Waals surface area (Å²) in [5.74, 6) is 1.46. The number of amides is 1. The average molecular weight is 379 g/mol. The van der Waals surface area contributed by atoms with E-state index in [1.54, 1.807) is 32.2 Å². The van der Waals surface area contributed by atoms with Gasteiger partial charge < -0.3 is 20.5 Å². The summed E-state index contributed by atoms with van der Waals surface area (Å²) in [6, 6.07) is 11.2. The van der Waals surface area contributed by atoms with E-state index in [4.69, 9.17) is 15.2 Å². The van der Waals surface area contributed by atoms with Gasteiger partial charge in [0, 0.05) is 6.07 Å². The van der Waals surface area contributed by atoms with Crippen molar-refractivity contribution in [1.29, 1.82) is 0 Å². The number of nitrogens with two attached hydrogens (primary N) is 1. The van der Waals surface area contributed by atoms with Crippen molar-refractivity contribution in [2.75, 3.05) is 18.2 Å². The molecule has 1 atom stereocenters. The van der Waals surface area contributed by atoms with Gasteiger partial charge in [0.25, 0.3) is 5.91 Å². The minimum atomic E-state index is -0.660. The van der Waals surface area contributed by atoms with Gasteiger partial charge in [0.1, 0.15) is 11.5 Å². The van der Waals surface area contributed by atoms with Crippen LogP contribution in [0, 0.1) is 6.92 Å². The van der Waals surface area contributed by atoms with E-state index >= 15 is 0 Å². The second-order valence-electron chi connectivity index (χ2n) is 6.38.